The molecule has 0 aliphatic heterocycles. The minimum absolute atomic E-state index is 0.0349. The molecule has 0 spiro atoms. The van der Waals surface area contributed by atoms with Crippen molar-refractivity contribution in [1.82, 2.24) is 0 Å². The maximum Gasteiger partial charge on any atom is 0.0783 e. The zero-order valence-corrected chi connectivity index (χ0v) is 13.5. The number of allylic oxidation sites excluding steroid dienone is 3. The number of nitrogens with two attached hydrogens (primary N) is 1. The quantitative estimate of drug-likeness (QED) is 0.602. The van der Waals surface area contributed by atoms with Gasteiger partial charge in [-0.25, -0.2) is 0 Å². The van der Waals surface area contributed by atoms with Crippen LogP contribution in [0.3, 0.4) is 0 Å². The summed E-state index contributed by atoms with van der Waals surface area (Å²) in [4.78, 5) is 0. The molecule has 3 nitrogen and oxygen atoms in total. The molecule has 4 aliphatic carbocycles. The molecule has 0 aromatic rings. The maximum atomic E-state index is 10.4. The first-order valence-electron chi connectivity index (χ1n) is 8.59. The highest BCUT2D eigenvalue weighted by molar-refractivity contribution is 5.44. The Morgan fingerprint density at radius 2 is 1.91 bits per heavy atom. The normalized spacial score (nSPS) is 53.2. The standard InChI is InChI=1S/C19H27NO2/c1-18-7-5-12(21)9-11(18)10-15(20)17-13-3-4-16(22)19(13,2)8-6-14(17)18/h3-5,7,11-13,15-16,21-22H,6,8-10,20H2,1-2H3/t11?,12-,13-,15-,16-,18-,19-/m0/s1. The van der Waals surface area contributed by atoms with Gasteiger partial charge in [-0.2, -0.15) is 0 Å². The van der Waals surface area contributed by atoms with Crippen LogP contribution in [0.4, 0.5) is 0 Å². The van der Waals surface area contributed by atoms with Crippen molar-refractivity contribution in [3.63, 3.8) is 0 Å². The third-order valence-corrected chi connectivity index (χ3v) is 7.10. The van der Waals surface area contributed by atoms with E-state index in [2.05, 4.69) is 26.0 Å². The van der Waals surface area contributed by atoms with Gasteiger partial charge in [0, 0.05) is 22.8 Å². The van der Waals surface area contributed by atoms with E-state index in [9.17, 15) is 10.2 Å². The molecule has 0 bridgehead atoms. The van der Waals surface area contributed by atoms with Crippen molar-refractivity contribution in [3.8, 4) is 0 Å². The Kier molecular flexibility index (Phi) is 3.04. The summed E-state index contributed by atoms with van der Waals surface area (Å²) in [5.74, 6) is 0.709. The molecule has 0 fully saturated rings. The van der Waals surface area contributed by atoms with Crippen molar-refractivity contribution >= 4 is 0 Å². The van der Waals surface area contributed by atoms with E-state index < -0.39 is 0 Å². The lowest BCUT2D eigenvalue weighted by atomic mass is 9.52. The fourth-order valence-corrected chi connectivity index (χ4v) is 5.55. The lowest BCUT2D eigenvalue weighted by molar-refractivity contribution is 0.0393. The van der Waals surface area contributed by atoms with Crippen LogP contribution in [-0.2, 0) is 0 Å². The zero-order valence-electron chi connectivity index (χ0n) is 13.5. The molecule has 0 saturated heterocycles. The van der Waals surface area contributed by atoms with Crippen LogP contribution in [0, 0.1) is 22.7 Å². The molecule has 7 atom stereocenters. The van der Waals surface area contributed by atoms with Gasteiger partial charge in [-0.1, -0.05) is 43.7 Å². The second kappa shape index (κ2) is 4.56. The first-order valence-corrected chi connectivity index (χ1v) is 8.59. The van der Waals surface area contributed by atoms with Gasteiger partial charge in [0.15, 0.2) is 0 Å². The van der Waals surface area contributed by atoms with E-state index in [0.29, 0.717) is 5.92 Å². The van der Waals surface area contributed by atoms with E-state index in [0.717, 1.165) is 25.7 Å². The van der Waals surface area contributed by atoms with Gasteiger partial charge in [0.25, 0.3) is 0 Å². The number of rotatable bonds is 0. The second-order valence-electron chi connectivity index (χ2n) is 8.23. The third kappa shape index (κ3) is 1.73. The molecule has 120 valence electrons. The lowest BCUT2D eigenvalue weighted by Crippen LogP contribution is -2.50. The Morgan fingerprint density at radius 3 is 2.68 bits per heavy atom. The fourth-order valence-electron chi connectivity index (χ4n) is 5.55. The Bertz CT molecular complexity index is 592. The third-order valence-electron chi connectivity index (χ3n) is 7.10. The fraction of sp³-hybridized carbons (Fsp3) is 0.684. The van der Waals surface area contributed by atoms with Gasteiger partial charge in [0.1, 0.15) is 0 Å². The first kappa shape index (κ1) is 14.7. The SMILES string of the molecule is C[C@]12CCC3=C([C@@H](N)CC4C[C@@H](O)C=C[C@]34C)[C@@H]1C=C[C@@H]2O. The smallest absolute Gasteiger partial charge is 0.0783 e. The van der Waals surface area contributed by atoms with E-state index in [4.69, 9.17) is 5.73 Å². The Labute approximate surface area is 132 Å². The summed E-state index contributed by atoms with van der Waals surface area (Å²) in [6.07, 6.45) is 11.4. The average Bonchev–Trinajstić information content (AvgIpc) is 2.77. The van der Waals surface area contributed by atoms with Gasteiger partial charge in [0.2, 0.25) is 0 Å². The molecular formula is C19H27NO2. The predicted octanol–water partition coefficient (Wildman–Crippen LogP) is 2.30. The Balaban J connectivity index is 1.84. The Morgan fingerprint density at radius 1 is 1.14 bits per heavy atom. The van der Waals surface area contributed by atoms with Crippen LogP contribution in [0.2, 0.25) is 0 Å². The van der Waals surface area contributed by atoms with E-state index in [-0.39, 0.29) is 35.0 Å². The van der Waals surface area contributed by atoms with Crippen molar-refractivity contribution in [2.45, 2.75) is 57.8 Å². The molecular weight excluding hydrogens is 274 g/mol. The highest BCUT2D eigenvalue weighted by atomic mass is 16.3. The largest absolute Gasteiger partial charge is 0.389 e. The van der Waals surface area contributed by atoms with E-state index >= 15 is 0 Å². The van der Waals surface area contributed by atoms with E-state index in [1.807, 2.05) is 12.2 Å². The first-order chi connectivity index (χ1) is 10.4. The number of hydrogen-bond acceptors (Lipinski definition) is 3. The van der Waals surface area contributed by atoms with E-state index in [1.165, 1.54) is 11.1 Å². The van der Waals surface area contributed by atoms with Crippen LogP contribution in [0.25, 0.3) is 0 Å². The molecule has 4 aliphatic rings. The molecule has 0 aromatic carbocycles. The summed E-state index contributed by atoms with van der Waals surface area (Å²) in [5.41, 5.74) is 9.39. The van der Waals surface area contributed by atoms with Crippen LogP contribution >= 0.6 is 0 Å². The minimum atomic E-state index is -0.354. The van der Waals surface area contributed by atoms with Crippen molar-refractivity contribution in [1.29, 1.82) is 0 Å². The molecule has 3 heteroatoms. The van der Waals surface area contributed by atoms with Gasteiger partial charge >= 0.3 is 0 Å². The van der Waals surface area contributed by atoms with Crippen LogP contribution in [-0.4, -0.2) is 28.5 Å². The molecule has 0 amide bonds. The van der Waals surface area contributed by atoms with Crippen LogP contribution in [0.1, 0.15) is 39.5 Å². The summed E-state index contributed by atoms with van der Waals surface area (Å²) in [7, 11) is 0. The molecule has 22 heavy (non-hydrogen) atoms. The van der Waals surface area contributed by atoms with Crippen LogP contribution in [0.5, 0.6) is 0 Å². The molecule has 1 unspecified atom stereocenters. The van der Waals surface area contributed by atoms with Gasteiger partial charge < -0.3 is 15.9 Å². The van der Waals surface area contributed by atoms with Crippen LogP contribution < -0.4 is 5.73 Å². The molecule has 0 aromatic heterocycles. The molecule has 4 N–H and O–H groups in total. The monoisotopic (exact) mass is 301 g/mol. The van der Waals surface area contributed by atoms with Crippen molar-refractivity contribution < 1.29 is 10.2 Å². The van der Waals surface area contributed by atoms with Crippen molar-refractivity contribution in [3.05, 3.63) is 35.5 Å². The van der Waals surface area contributed by atoms with E-state index in [1.54, 1.807) is 0 Å². The molecule has 0 radical (unpaired) electrons. The van der Waals surface area contributed by atoms with Gasteiger partial charge in [-0.15, -0.1) is 0 Å². The Hall–Kier alpha value is -0.900. The minimum Gasteiger partial charge on any atom is -0.389 e. The van der Waals surface area contributed by atoms with Gasteiger partial charge in [0.05, 0.1) is 12.2 Å². The molecule has 4 rings (SSSR count). The predicted molar refractivity (Wildman–Crippen MR) is 87.0 cm³/mol. The topological polar surface area (TPSA) is 66.5 Å². The molecule has 0 heterocycles. The number of aliphatic hydroxyl groups excluding tert-OH is 2. The number of fused-ring (bicyclic) bond motifs is 4. The summed E-state index contributed by atoms with van der Waals surface area (Å²) in [6, 6.07) is 0.0614. The second-order valence-corrected chi connectivity index (χ2v) is 8.23. The molecule has 0 saturated carbocycles. The highest BCUT2D eigenvalue weighted by Gasteiger charge is 2.54. The van der Waals surface area contributed by atoms with Gasteiger partial charge in [-0.3, -0.25) is 0 Å². The van der Waals surface area contributed by atoms with Gasteiger partial charge in [-0.05, 0) is 37.2 Å². The number of hydrogen-bond donors (Lipinski definition) is 3. The van der Waals surface area contributed by atoms with Crippen LogP contribution in [0.15, 0.2) is 35.5 Å². The summed E-state index contributed by atoms with van der Waals surface area (Å²) >= 11 is 0. The lowest BCUT2D eigenvalue weighted by Gasteiger charge is -2.54. The van der Waals surface area contributed by atoms with Crippen molar-refractivity contribution in [2.24, 2.45) is 28.4 Å². The summed E-state index contributed by atoms with van der Waals surface area (Å²) in [5, 5.41) is 20.4. The zero-order chi connectivity index (χ0) is 15.7. The summed E-state index contributed by atoms with van der Waals surface area (Å²) < 4.78 is 0. The summed E-state index contributed by atoms with van der Waals surface area (Å²) in [6.45, 7) is 4.52. The van der Waals surface area contributed by atoms with Crippen molar-refractivity contribution in [2.75, 3.05) is 0 Å². The average molecular weight is 301 g/mol. The number of aliphatic hydroxyl groups is 2. The maximum absolute atomic E-state index is 10.4. The highest BCUT2D eigenvalue weighted by Crippen LogP contribution is 2.60.